The molecule has 4 aromatic carbocycles. The molecular weight excluding hydrogens is 280 g/mol. The van der Waals surface area contributed by atoms with E-state index in [1.54, 1.807) is 0 Å². The summed E-state index contributed by atoms with van der Waals surface area (Å²) in [6.07, 6.45) is 1.94. The number of anilines is 1. The van der Waals surface area contributed by atoms with E-state index in [1.807, 2.05) is 6.21 Å². The van der Waals surface area contributed by atoms with Crippen LogP contribution in [0.2, 0.25) is 0 Å². The summed E-state index contributed by atoms with van der Waals surface area (Å²) >= 11 is 0. The van der Waals surface area contributed by atoms with Crippen LogP contribution >= 0.6 is 0 Å². The van der Waals surface area contributed by atoms with E-state index in [0.717, 1.165) is 5.69 Å². The highest BCUT2D eigenvalue weighted by molar-refractivity contribution is 6.13. The molecule has 1 N–H and O–H groups in total. The maximum Gasteiger partial charge on any atom is 0.0646 e. The SMILES string of the molecule is C1=NNc2ccc3ccccc3c2-c2ccc3ccccc3c21. The fraction of sp³-hybridized carbons (Fsp3) is 0. The third-order valence-corrected chi connectivity index (χ3v) is 4.55. The number of hydrogen-bond donors (Lipinski definition) is 1. The lowest BCUT2D eigenvalue weighted by Gasteiger charge is -2.13. The summed E-state index contributed by atoms with van der Waals surface area (Å²) in [6.45, 7) is 0. The van der Waals surface area contributed by atoms with E-state index in [2.05, 4.69) is 83.3 Å². The van der Waals surface area contributed by atoms with Gasteiger partial charge in [0.1, 0.15) is 0 Å². The zero-order valence-electron chi connectivity index (χ0n) is 12.5. The molecule has 0 aliphatic carbocycles. The molecular formula is C21H14N2. The van der Waals surface area contributed by atoms with Crippen molar-refractivity contribution in [3.63, 3.8) is 0 Å². The number of fused-ring (bicyclic) bond motifs is 7. The minimum atomic E-state index is 1.05. The van der Waals surface area contributed by atoms with Crippen LogP contribution in [0.25, 0.3) is 32.7 Å². The van der Waals surface area contributed by atoms with Crippen LogP contribution in [0.15, 0.2) is 77.9 Å². The largest absolute Gasteiger partial charge is 0.278 e. The lowest BCUT2D eigenvalue weighted by Crippen LogP contribution is -1.91. The van der Waals surface area contributed by atoms with E-state index in [9.17, 15) is 0 Å². The number of hydrogen-bond acceptors (Lipinski definition) is 2. The van der Waals surface area contributed by atoms with Gasteiger partial charge in [0, 0.05) is 11.1 Å². The first kappa shape index (κ1) is 12.4. The number of hydrazone groups is 1. The van der Waals surface area contributed by atoms with E-state index in [4.69, 9.17) is 0 Å². The van der Waals surface area contributed by atoms with Crippen molar-refractivity contribution < 1.29 is 0 Å². The Labute approximate surface area is 134 Å². The molecule has 0 atom stereocenters. The molecule has 1 aliphatic rings. The zero-order chi connectivity index (χ0) is 15.2. The fourth-order valence-corrected chi connectivity index (χ4v) is 3.47. The number of rotatable bonds is 0. The van der Waals surface area contributed by atoms with Gasteiger partial charge in [-0.1, -0.05) is 66.7 Å². The lowest BCUT2D eigenvalue weighted by atomic mass is 9.91. The van der Waals surface area contributed by atoms with Crippen molar-refractivity contribution in [1.82, 2.24) is 0 Å². The zero-order valence-corrected chi connectivity index (χ0v) is 12.5. The highest BCUT2D eigenvalue weighted by Gasteiger charge is 2.16. The first-order valence-electron chi connectivity index (χ1n) is 7.75. The van der Waals surface area contributed by atoms with Gasteiger partial charge < -0.3 is 0 Å². The summed E-state index contributed by atoms with van der Waals surface area (Å²) in [5.41, 5.74) is 7.87. The van der Waals surface area contributed by atoms with Crippen molar-refractivity contribution in [2.75, 3.05) is 5.43 Å². The predicted octanol–water partition coefficient (Wildman–Crippen LogP) is 5.42. The monoisotopic (exact) mass is 294 g/mol. The lowest BCUT2D eigenvalue weighted by molar-refractivity contribution is 1.37. The van der Waals surface area contributed by atoms with Crippen LogP contribution in [0.4, 0.5) is 5.69 Å². The van der Waals surface area contributed by atoms with Crippen LogP contribution < -0.4 is 5.43 Å². The molecule has 23 heavy (non-hydrogen) atoms. The van der Waals surface area contributed by atoms with Crippen molar-refractivity contribution in [1.29, 1.82) is 0 Å². The Bertz CT molecular complexity index is 1090. The van der Waals surface area contributed by atoms with Gasteiger partial charge in [-0.15, -0.1) is 0 Å². The molecule has 4 aromatic rings. The molecule has 5 rings (SSSR count). The summed E-state index contributed by atoms with van der Waals surface area (Å²) in [4.78, 5) is 0. The van der Waals surface area contributed by atoms with Crippen LogP contribution in [0.5, 0.6) is 0 Å². The van der Waals surface area contributed by atoms with Crippen LogP contribution in [0.3, 0.4) is 0 Å². The summed E-state index contributed by atoms with van der Waals surface area (Å²) < 4.78 is 0. The van der Waals surface area contributed by atoms with E-state index in [0.29, 0.717) is 0 Å². The standard InChI is InChI=1S/C21H14N2/c1-3-7-16-14(5-1)9-11-18-19(16)13-22-23-20-12-10-15-6-2-4-8-17(15)21(18)20/h1-13,23H. The van der Waals surface area contributed by atoms with Gasteiger partial charge in [-0.2, -0.15) is 5.10 Å². The van der Waals surface area contributed by atoms with Gasteiger partial charge in [0.15, 0.2) is 0 Å². The quantitative estimate of drug-likeness (QED) is 0.460. The second-order valence-corrected chi connectivity index (χ2v) is 5.83. The van der Waals surface area contributed by atoms with E-state index >= 15 is 0 Å². The topological polar surface area (TPSA) is 24.4 Å². The van der Waals surface area contributed by atoms with Crippen LogP contribution in [-0.2, 0) is 0 Å². The Kier molecular flexibility index (Phi) is 2.53. The first-order chi connectivity index (χ1) is 11.4. The van der Waals surface area contributed by atoms with Crippen LogP contribution in [0, 0.1) is 0 Å². The van der Waals surface area contributed by atoms with Gasteiger partial charge in [-0.3, -0.25) is 5.43 Å². The molecule has 108 valence electrons. The van der Waals surface area contributed by atoms with Gasteiger partial charge >= 0.3 is 0 Å². The maximum atomic E-state index is 4.44. The number of nitrogens with one attached hydrogen (secondary N) is 1. The molecule has 0 fully saturated rings. The highest BCUT2D eigenvalue weighted by Crippen LogP contribution is 2.40. The summed E-state index contributed by atoms with van der Waals surface area (Å²) in [7, 11) is 0. The molecule has 0 saturated heterocycles. The van der Waals surface area contributed by atoms with Gasteiger partial charge in [0.2, 0.25) is 0 Å². The first-order valence-corrected chi connectivity index (χ1v) is 7.75. The van der Waals surface area contributed by atoms with Gasteiger partial charge in [-0.25, -0.2) is 0 Å². The molecule has 0 radical (unpaired) electrons. The molecule has 0 amide bonds. The molecule has 2 heteroatoms. The Hall–Kier alpha value is -3.13. The molecule has 0 aromatic heterocycles. The summed E-state index contributed by atoms with van der Waals surface area (Å²) in [6, 6.07) is 25.6. The van der Waals surface area contributed by atoms with Crippen molar-refractivity contribution in [3.8, 4) is 11.1 Å². The molecule has 0 unspecified atom stereocenters. The fourth-order valence-electron chi connectivity index (χ4n) is 3.47. The molecule has 0 saturated carbocycles. The van der Waals surface area contributed by atoms with Gasteiger partial charge in [-0.05, 0) is 33.2 Å². The molecule has 1 aliphatic heterocycles. The normalized spacial score (nSPS) is 12.5. The molecule has 1 heterocycles. The second-order valence-electron chi connectivity index (χ2n) is 5.83. The average Bonchev–Trinajstić information content (AvgIpc) is 2.81. The third kappa shape index (κ3) is 1.78. The van der Waals surface area contributed by atoms with Crippen molar-refractivity contribution in [2.24, 2.45) is 5.10 Å². The van der Waals surface area contributed by atoms with E-state index in [-0.39, 0.29) is 0 Å². The van der Waals surface area contributed by atoms with Crippen molar-refractivity contribution in [3.05, 3.63) is 78.4 Å². The van der Waals surface area contributed by atoms with E-state index in [1.165, 1.54) is 38.2 Å². The maximum absolute atomic E-state index is 4.44. The molecule has 0 bridgehead atoms. The number of benzene rings is 4. The molecule has 2 nitrogen and oxygen atoms in total. The van der Waals surface area contributed by atoms with Gasteiger partial charge in [0.05, 0.1) is 11.9 Å². The van der Waals surface area contributed by atoms with E-state index < -0.39 is 0 Å². The second kappa shape index (κ2) is 4.68. The van der Waals surface area contributed by atoms with Crippen LogP contribution in [0.1, 0.15) is 5.56 Å². The average molecular weight is 294 g/mol. The third-order valence-electron chi connectivity index (χ3n) is 4.55. The minimum Gasteiger partial charge on any atom is -0.278 e. The van der Waals surface area contributed by atoms with Crippen molar-refractivity contribution >= 4 is 33.4 Å². The smallest absolute Gasteiger partial charge is 0.0646 e. The Morgan fingerprint density at radius 2 is 1.35 bits per heavy atom. The Balaban J connectivity index is 1.97. The Morgan fingerprint density at radius 3 is 2.22 bits per heavy atom. The minimum absolute atomic E-state index is 1.05. The summed E-state index contributed by atoms with van der Waals surface area (Å²) in [5.74, 6) is 0. The molecule has 0 spiro atoms. The number of nitrogens with zero attached hydrogens (tertiary/aromatic N) is 1. The summed E-state index contributed by atoms with van der Waals surface area (Å²) in [5, 5.41) is 9.40. The predicted molar refractivity (Wildman–Crippen MR) is 98.1 cm³/mol. The highest BCUT2D eigenvalue weighted by atomic mass is 15.3. The van der Waals surface area contributed by atoms with Crippen LogP contribution in [-0.4, -0.2) is 6.21 Å². The Morgan fingerprint density at radius 1 is 0.652 bits per heavy atom. The van der Waals surface area contributed by atoms with Gasteiger partial charge in [0.25, 0.3) is 0 Å². The van der Waals surface area contributed by atoms with Crippen molar-refractivity contribution in [2.45, 2.75) is 0 Å².